The molecule has 1 aliphatic rings. The Kier molecular flexibility index (Phi) is 9.79. The fourth-order valence-corrected chi connectivity index (χ4v) is 6.37. The number of rotatable bonds is 10. The van der Waals surface area contributed by atoms with Crippen molar-refractivity contribution in [3.8, 4) is 17.2 Å². The summed E-state index contributed by atoms with van der Waals surface area (Å²) in [5.41, 5.74) is -0.177. The van der Waals surface area contributed by atoms with Crippen LogP contribution in [0.3, 0.4) is 0 Å². The summed E-state index contributed by atoms with van der Waals surface area (Å²) < 4.78 is 110. The number of phenols is 1. The lowest BCUT2D eigenvalue weighted by Gasteiger charge is -2.28. The van der Waals surface area contributed by atoms with E-state index in [4.69, 9.17) is 21.1 Å². The average molecular weight is 713 g/mol. The van der Waals surface area contributed by atoms with Crippen LogP contribution in [0.25, 0.3) is 0 Å². The van der Waals surface area contributed by atoms with Gasteiger partial charge < -0.3 is 24.6 Å². The lowest BCUT2D eigenvalue weighted by Crippen LogP contribution is -2.43. The molecule has 0 spiro atoms. The predicted octanol–water partition coefficient (Wildman–Crippen LogP) is 5.63. The molecule has 48 heavy (non-hydrogen) atoms. The van der Waals surface area contributed by atoms with Crippen LogP contribution in [0.1, 0.15) is 21.5 Å². The first-order chi connectivity index (χ1) is 22.7. The molecule has 0 saturated carbocycles. The van der Waals surface area contributed by atoms with Crippen LogP contribution in [-0.2, 0) is 27.9 Å². The Morgan fingerprint density at radius 2 is 1.35 bits per heavy atom. The smallest absolute Gasteiger partial charge is 0.339 e. The number of hydrogen-bond donors (Lipinski definition) is 2. The Bertz CT molecular complexity index is 2000. The van der Waals surface area contributed by atoms with Crippen molar-refractivity contribution in [3.05, 3.63) is 111 Å². The van der Waals surface area contributed by atoms with Gasteiger partial charge in [-0.1, -0.05) is 29.8 Å². The lowest BCUT2D eigenvalue weighted by molar-refractivity contribution is -0.119. The molecule has 1 amide bonds. The summed E-state index contributed by atoms with van der Waals surface area (Å²) >= 11 is 5.90. The number of aromatic carboxylic acids is 1. The third kappa shape index (κ3) is 6.86. The molecule has 1 aliphatic heterocycles. The zero-order valence-electron chi connectivity index (χ0n) is 24.2. The summed E-state index contributed by atoms with van der Waals surface area (Å²) in [4.78, 5) is 24.2. The van der Waals surface area contributed by atoms with E-state index in [0.29, 0.717) is 17.1 Å². The topological polar surface area (TPSA) is 134 Å². The summed E-state index contributed by atoms with van der Waals surface area (Å²) in [6.45, 7) is -1.90. The van der Waals surface area contributed by atoms with Gasteiger partial charge in [0.05, 0.1) is 13.1 Å². The molecule has 10 nitrogen and oxygen atoms in total. The number of amides is 1. The number of aromatic hydroxyl groups is 1. The first-order valence-corrected chi connectivity index (χ1v) is 15.5. The van der Waals surface area contributed by atoms with Crippen molar-refractivity contribution in [2.24, 2.45) is 0 Å². The first-order valence-electron chi connectivity index (χ1n) is 13.7. The van der Waals surface area contributed by atoms with Crippen molar-refractivity contribution >= 4 is 39.2 Å². The van der Waals surface area contributed by atoms with Gasteiger partial charge in [0.15, 0.2) is 39.7 Å². The highest BCUT2D eigenvalue weighted by atomic mass is 35.5. The molecule has 0 radical (unpaired) electrons. The zero-order chi connectivity index (χ0) is 34.9. The molecular weight excluding hydrogens is 691 g/mol. The largest absolute Gasteiger partial charge is 0.507 e. The van der Waals surface area contributed by atoms with Gasteiger partial charge in [-0.25, -0.2) is 35.2 Å². The van der Waals surface area contributed by atoms with Crippen molar-refractivity contribution in [2.45, 2.75) is 18.0 Å². The number of fused-ring (bicyclic) bond motifs is 1. The normalized spacial score (nSPS) is 12.6. The first kappa shape index (κ1) is 34.4. The number of ether oxygens (including phenoxy) is 2. The second-order valence-corrected chi connectivity index (χ2v) is 12.6. The number of halogens is 6. The monoisotopic (exact) mass is 712 g/mol. The van der Waals surface area contributed by atoms with E-state index in [9.17, 15) is 50.2 Å². The van der Waals surface area contributed by atoms with Crippen LogP contribution in [0.2, 0.25) is 5.02 Å². The second kappa shape index (κ2) is 13.7. The molecule has 252 valence electrons. The highest BCUT2D eigenvalue weighted by Gasteiger charge is 2.39. The van der Waals surface area contributed by atoms with E-state index in [0.717, 1.165) is 23.1 Å². The van der Waals surface area contributed by atoms with Gasteiger partial charge in [0, 0.05) is 23.3 Å². The quantitative estimate of drug-likeness (QED) is 0.123. The molecule has 0 fully saturated rings. The molecular formula is C31H22ClF5N2O8S. The number of benzene rings is 4. The van der Waals surface area contributed by atoms with Gasteiger partial charge in [-0.3, -0.25) is 4.79 Å². The van der Waals surface area contributed by atoms with Gasteiger partial charge in [-0.15, -0.1) is 0 Å². The van der Waals surface area contributed by atoms with Crippen molar-refractivity contribution in [2.75, 3.05) is 24.7 Å². The molecule has 0 aromatic heterocycles. The maximum Gasteiger partial charge on any atom is 0.339 e. The standard InChI is InChI=1S/C31H22ClF5N2O8S/c32-18-4-1-16(2-5-18)13-38(48(44,45)30-28(36)26(34)25(33)27(35)29(30)37)15-24(41)39(19-6-7-20(31(42)43)21(40)12-19)14-17-3-8-22-23(11-17)47-10-9-46-22/h1-8,11-12,40H,9-10,13-15H2,(H,42,43). The van der Waals surface area contributed by atoms with Crippen LogP contribution in [0.15, 0.2) is 65.6 Å². The van der Waals surface area contributed by atoms with Gasteiger partial charge in [0.1, 0.15) is 24.5 Å². The van der Waals surface area contributed by atoms with Crippen molar-refractivity contribution in [3.63, 3.8) is 0 Å². The number of carbonyl (C=O) groups is 2. The maximum atomic E-state index is 14.8. The summed E-state index contributed by atoms with van der Waals surface area (Å²) in [6.07, 6.45) is 0. The minimum absolute atomic E-state index is 0.112. The Hall–Kier alpha value is -4.93. The summed E-state index contributed by atoms with van der Waals surface area (Å²) in [7, 11) is -5.66. The number of carboxylic acids is 1. The van der Waals surface area contributed by atoms with Gasteiger partial charge in [-0.05, 0) is 47.5 Å². The van der Waals surface area contributed by atoms with Crippen LogP contribution in [-0.4, -0.2) is 54.6 Å². The van der Waals surface area contributed by atoms with Crippen LogP contribution < -0.4 is 14.4 Å². The number of anilines is 1. The molecule has 0 aliphatic carbocycles. The van der Waals surface area contributed by atoms with Gasteiger partial charge in [0.2, 0.25) is 21.7 Å². The lowest BCUT2D eigenvalue weighted by atomic mass is 10.1. The van der Waals surface area contributed by atoms with E-state index >= 15 is 0 Å². The Morgan fingerprint density at radius 1 is 0.771 bits per heavy atom. The number of carbonyl (C=O) groups excluding carboxylic acids is 1. The van der Waals surface area contributed by atoms with Crippen LogP contribution in [0.4, 0.5) is 27.6 Å². The van der Waals surface area contributed by atoms with E-state index < -0.39 is 80.3 Å². The van der Waals surface area contributed by atoms with E-state index in [-0.39, 0.29) is 40.3 Å². The van der Waals surface area contributed by atoms with E-state index in [1.54, 1.807) is 0 Å². The fraction of sp³-hybridized carbons (Fsp3) is 0.161. The minimum Gasteiger partial charge on any atom is -0.507 e. The minimum atomic E-state index is -5.66. The average Bonchev–Trinajstić information content (AvgIpc) is 3.05. The summed E-state index contributed by atoms with van der Waals surface area (Å²) in [5, 5.41) is 19.9. The molecule has 1 heterocycles. The molecule has 4 aromatic carbocycles. The van der Waals surface area contributed by atoms with Crippen LogP contribution >= 0.6 is 11.6 Å². The zero-order valence-corrected chi connectivity index (χ0v) is 25.8. The van der Waals surface area contributed by atoms with Crippen LogP contribution in [0, 0.1) is 29.1 Å². The molecule has 0 atom stereocenters. The number of nitrogens with zero attached hydrogens (tertiary/aromatic N) is 2. The van der Waals surface area contributed by atoms with E-state index in [1.807, 2.05) is 0 Å². The summed E-state index contributed by atoms with van der Waals surface area (Å²) in [5.74, 6) is -15.5. The molecule has 0 saturated heterocycles. The number of hydrogen-bond acceptors (Lipinski definition) is 7. The summed E-state index contributed by atoms with van der Waals surface area (Å²) in [6, 6.07) is 12.9. The molecule has 2 N–H and O–H groups in total. The fourth-order valence-electron chi connectivity index (χ4n) is 4.76. The maximum absolute atomic E-state index is 14.8. The van der Waals surface area contributed by atoms with Crippen molar-refractivity contribution < 1.29 is 59.6 Å². The third-order valence-corrected chi connectivity index (χ3v) is 9.19. The van der Waals surface area contributed by atoms with Gasteiger partial charge >= 0.3 is 5.97 Å². The van der Waals surface area contributed by atoms with E-state index in [2.05, 4.69) is 0 Å². The van der Waals surface area contributed by atoms with Gasteiger partial charge in [0.25, 0.3) is 0 Å². The number of carboxylic acid groups (broad SMARTS) is 1. The van der Waals surface area contributed by atoms with Crippen molar-refractivity contribution in [1.82, 2.24) is 4.31 Å². The van der Waals surface area contributed by atoms with Crippen molar-refractivity contribution in [1.29, 1.82) is 0 Å². The van der Waals surface area contributed by atoms with E-state index in [1.165, 1.54) is 42.5 Å². The highest BCUT2D eigenvalue weighted by molar-refractivity contribution is 7.89. The number of sulfonamides is 1. The Morgan fingerprint density at radius 3 is 1.96 bits per heavy atom. The highest BCUT2D eigenvalue weighted by Crippen LogP contribution is 2.34. The second-order valence-electron chi connectivity index (χ2n) is 10.3. The molecule has 4 aromatic rings. The molecule has 0 unspecified atom stereocenters. The van der Waals surface area contributed by atoms with Gasteiger partial charge in [-0.2, -0.15) is 4.31 Å². The Labute approximate surface area is 274 Å². The molecule has 0 bridgehead atoms. The third-order valence-electron chi connectivity index (χ3n) is 7.12. The molecule has 17 heteroatoms. The molecule has 5 rings (SSSR count). The van der Waals surface area contributed by atoms with Crippen LogP contribution in [0.5, 0.6) is 17.2 Å². The SMILES string of the molecule is O=C(O)c1ccc(N(Cc2ccc3c(c2)OCCO3)C(=O)CN(Cc2ccc(Cl)cc2)S(=O)(=O)c2c(F)c(F)c(F)c(F)c2F)cc1O. The predicted molar refractivity (Wildman–Crippen MR) is 159 cm³/mol. The Balaban J connectivity index is 1.60.